The van der Waals surface area contributed by atoms with Crippen LogP contribution >= 0.6 is 11.3 Å². The van der Waals surface area contributed by atoms with Crippen LogP contribution in [0.15, 0.2) is 5.38 Å². The summed E-state index contributed by atoms with van der Waals surface area (Å²) in [5.74, 6) is 0. The lowest BCUT2D eigenvalue weighted by Gasteiger charge is -2.29. The first kappa shape index (κ1) is 13.6. The van der Waals surface area contributed by atoms with Gasteiger partial charge in [-0.1, -0.05) is 0 Å². The Morgan fingerprint density at radius 3 is 2.88 bits per heavy atom. The first-order valence-electron chi connectivity index (χ1n) is 5.35. The molecule has 0 bridgehead atoms. The molecule has 0 radical (unpaired) electrons. The lowest BCUT2D eigenvalue weighted by atomic mass is 9.99. The van der Waals surface area contributed by atoms with Crippen LogP contribution in [0.2, 0.25) is 0 Å². The minimum Gasteiger partial charge on any atom is -0.396 e. The fourth-order valence-corrected chi connectivity index (χ4v) is 2.26. The summed E-state index contributed by atoms with van der Waals surface area (Å²) < 4.78 is 5.16. The molecule has 0 amide bonds. The number of aryl methyl sites for hydroxylation is 1. The molecule has 16 heavy (non-hydrogen) atoms. The maximum atomic E-state index is 9.02. The number of hydrogen-bond donors (Lipinski definition) is 2. The van der Waals surface area contributed by atoms with Crippen molar-refractivity contribution in [3.8, 4) is 0 Å². The van der Waals surface area contributed by atoms with Gasteiger partial charge in [0.1, 0.15) is 5.01 Å². The normalized spacial score (nSPS) is 15.0. The number of aromatic nitrogens is 1. The predicted molar refractivity (Wildman–Crippen MR) is 65.7 cm³/mol. The number of rotatable bonds is 7. The third-order valence-electron chi connectivity index (χ3n) is 2.46. The highest BCUT2D eigenvalue weighted by Gasteiger charge is 2.23. The summed E-state index contributed by atoms with van der Waals surface area (Å²) in [5.41, 5.74) is 0.862. The van der Waals surface area contributed by atoms with Gasteiger partial charge in [-0.2, -0.15) is 0 Å². The van der Waals surface area contributed by atoms with E-state index in [1.165, 1.54) is 0 Å². The Bertz CT molecular complexity index is 309. The van der Waals surface area contributed by atoms with Crippen molar-refractivity contribution >= 4 is 11.3 Å². The molecule has 2 N–H and O–H groups in total. The van der Waals surface area contributed by atoms with E-state index in [9.17, 15) is 0 Å². The summed E-state index contributed by atoms with van der Waals surface area (Å²) in [6.45, 7) is 5.50. The molecule has 0 spiro atoms. The number of nitrogens with one attached hydrogen (secondary N) is 1. The standard InChI is InChI=1S/C11H20N2O2S/c1-9-7-16-10(13-9)6-12-11(2,4-5-14)8-15-3/h7,12,14H,4-6,8H2,1-3H3. The Morgan fingerprint density at radius 1 is 1.62 bits per heavy atom. The Balaban J connectivity index is 2.49. The molecule has 5 heteroatoms. The molecule has 4 nitrogen and oxygen atoms in total. The molecule has 92 valence electrons. The summed E-state index contributed by atoms with van der Waals surface area (Å²) in [7, 11) is 1.67. The second-order valence-corrected chi connectivity index (χ2v) is 5.15. The summed E-state index contributed by atoms with van der Waals surface area (Å²) in [6, 6.07) is 0. The zero-order valence-corrected chi connectivity index (χ0v) is 10.9. The van der Waals surface area contributed by atoms with Crippen molar-refractivity contribution in [3.63, 3.8) is 0 Å². The third kappa shape index (κ3) is 4.17. The van der Waals surface area contributed by atoms with Crippen LogP contribution in [0, 0.1) is 6.92 Å². The van der Waals surface area contributed by atoms with Crippen LogP contribution in [0.3, 0.4) is 0 Å². The fraction of sp³-hybridized carbons (Fsp3) is 0.727. The highest BCUT2D eigenvalue weighted by atomic mass is 32.1. The van der Waals surface area contributed by atoms with Crippen LogP contribution in [-0.4, -0.2) is 36.0 Å². The van der Waals surface area contributed by atoms with Crippen molar-refractivity contribution in [1.29, 1.82) is 0 Å². The van der Waals surface area contributed by atoms with E-state index in [4.69, 9.17) is 9.84 Å². The van der Waals surface area contributed by atoms with E-state index in [2.05, 4.69) is 10.3 Å². The quantitative estimate of drug-likeness (QED) is 0.760. The molecule has 0 saturated carbocycles. The van der Waals surface area contributed by atoms with Gasteiger partial charge in [0.2, 0.25) is 0 Å². The van der Waals surface area contributed by atoms with E-state index >= 15 is 0 Å². The second kappa shape index (κ2) is 6.30. The van der Waals surface area contributed by atoms with E-state index in [-0.39, 0.29) is 12.1 Å². The molecule has 1 rings (SSSR count). The number of aliphatic hydroxyl groups is 1. The number of aliphatic hydroxyl groups excluding tert-OH is 1. The molecule has 0 aliphatic rings. The van der Waals surface area contributed by atoms with E-state index in [1.807, 2.05) is 19.2 Å². The predicted octanol–water partition coefficient (Wildman–Crippen LogP) is 1.33. The summed E-state index contributed by atoms with van der Waals surface area (Å²) >= 11 is 1.65. The smallest absolute Gasteiger partial charge is 0.107 e. The van der Waals surface area contributed by atoms with Gasteiger partial charge in [-0.15, -0.1) is 11.3 Å². The summed E-state index contributed by atoms with van der Waals surface area (Å²) in [6.07, 6.45) is 0.672. The maximum absolute atomic E-state index is 9.02. The number of hydrogen-bond acceptors (Lipinski definition) is 5. The van der Waals surface area contributed by atoms with Gasteiger partial charge in [-0.25, -0.2) is 4.98 Å². The van der Waals surface area contributed by atoms with Gasteiger partial charge in [0.05, 0.1) is 6.61 Å². The van der Waals surface area contributed by atoms with Crippen LogP contribution in [0.5, 0.6) is 0 Å². The van der Waals surface area contributed by atoms with Gasteiger partial charge in [-0.05, 0) is 20.3 Å². The molecule has 1 heterocycles. The van der Waals surface area contributed by atoms with E-state index < -0.39 is 0 Å². The molecule has 0 saturated heterocycles. The van der Waals surface area contributed by atoms with Crippen molar-refractivity contribution in [3.05, 3.63) is 16.1 Å². The number of ether oxygens (including phenoxy) is 1. The van der Waals surface area contributed by atoms with E-state index in [1.54, 1.807) is 18.4 Å². The molecule has 1 unspecified atom stereocenters. The highest BCUT2D eigenvalue weighted by molar-refractivity contribution is 7.09. The van der Waals surface area contributed by atoms with E-state index in [0.717, 1.165) is 17.2 Å². The van der Waals surface area contributed by atoms with Crippen LogP contribution in [0.25, 0.3) is 0 Å². The SMILES string of the molecule is COCC(C)(CCO)NCc1nc(C)cs1. The number of nitrogens with zero attached hydrogens (tertiary/aromatic N) is 1. The molecule has 0 fully saturated rings. The minimum atomic E-state index is -0.191. The molecule has 1 atom stereocenters. The van der Waals surface area contributed by atoms with Crippen LogP contribution < -0.4 is 5.32 Å². The Morgan fingerprint density at radius 2 is 2.38 bits per heavy atom. The number of thiazole rings is 1. The second-order valence-electron chi connectivity index (χ2n) is 4.20. The molecule has 0 aliphatic carbocycles. The Labute approximate surface area is 101 Å². The molecule has 0 aromatic carbocycles. The first-order valence-corrected chi connectivity index (χ1v) is 6.23. The van der Waals surface area contributed by atoms with Crippen LogP contribution in [0.4, 0.5) is 0 Å². The van der Waals surface area contributed by atoms with Gasteiger partial charge in [0.25, 0.3) is 0 Å². The van der Waals surface area contributed by atoms with Crippen molar-refractivity contribution in [2.75, 3.05) is 20.3 Å². The molecule has 0 aliphatic heterocycles. The van der Waals surface area contributed by atoms with Gasteiger partial charge in [0, 0.05) is 36.9 Å². The molecular weight excluding hydrogens is 224 g/mol. The van der Waals surface area contributed by atoms with Crippen molar-refractivity contribution in [2.24, 2.45) is 0 Å². The Kier molecular flexibility index (Phi) is 5.34. The molecule has 1 aromatic heterocycles. The van der Waals surface area contributed by atoms with Crippen molar-refractivity contribution in [1.82, 2.24) is 10.3 Å². The zero-order valence-electron chi connectivity index (χ0n) is 10.1. The molecular formula is C11H20N2O2S. The van der Waals surface area contributed by atoms with Gasteiger partial charge < -0.3 is 15.2 Å². The zero-order chi connectivity index (χ0) is 12.0. The topological polar surface area (TPSA) is 54.4 Å². The fourth-order valence-electron chi connectivity index (χ4n) is 1.55. The summed E-state index contributed by atoms with van der Waals surface area (Å²) in [5, 5.41) is 15.5. The van der Waals surface area contributed by atoms with Gasteiger partial charge in [0.15, 0.2) is 0 Å². The van der Waals surface area contributed by atoms with Crippen LogP contribution in [0.1, 0.15) is 24.0 Å². The van der Waals surface area contributed by atoms with E-state index in [0.29, 0.717) is 13.0 Å². The van der Waals surface area contributed by atoms with Gasteiger partial charge >= 0.3 is 0 Å². The Hall–Kier alpha value is -0.490. The summed E-state index contributed by atoms with van der Waals surface area (Å²) in [4.78, 5) is 4.39. The third-order valence-corrected chi connectivity index (χ3v) is 3.43. The molecule has 1 aromatic rings. The average Bonchev–Trinajstić information content (AvgIpc) is 2.62. The number of methoxy groups -OCH3 is 1. The lowest BCUT2D eigenvalue weighted by molar-refractivity contribution is 0.0969. The van der Waals surface area contributed by atoms with Crippen LogP contribution in [-0.2, 0) is 11.3 Å². The minimum absolute atomic E-state index is 0.157. The monoisotopic (exact) mass is 244 g/mol. The van der Waals surface area contributed by atoms with Gasteiger partial charge in [-0.3, -0.25) is 0 Å². The van der Waals surface area contributed by atoms with Crippen molar-refractivity contribution < 1.29 is 9.84 Å². The largest absolute Gasteiger partial charge is 0.396 e. The van der Waals surface area contributed by atoms with Crippen molar-refractivity contribution in [2.45, 2.75) is 32.4 Å². The highest BCUT2D eigenvalue weighted by Crippen LogP contribution is 2.13. The average molecular weight is 244 g/mol. The lowest BCUT2D eigenvalue weighted by Crippen LogP contribution is -2.46. The first-order chi connectivity index (χ1) is 7.59. The maximum Gasteiger partial charge on any atom is 0.107 e.